The quantitative estimate of drug-likeness (QED) is 0.677. The Kier molecular flexibility index (Phi) is 4.58. The van der Waals surface area contributed by atoms with E-state index in [4.69, 9.17) is 9.97 Å². The zero-order valence-corrected chi connectivity index (χ0v) is 18.0. The third-order valence-corrected chi connectivity index (χ3v) is 7.36. The van der Waals surface area contributed by atoms with Crippen molar-refractivity contribution in [2.24, 2.45) is 0 Å². The van der Waals surface area contributed by atoms with Crippen LogP contribution in [0, 0.1) is 13.8 Å². The van der Waals surface area contributed by atoms with E-state index in [-0.39, 0.29) is 11.0 Å². The molecule has 1 saturated heterocycles. The molecule has 0 amide bonds. The zero-order chi connectivity index (χ0) is 20.9. The highest BCUT2D eigenvalue weighted by Crippen LogP contribution is 2.45. The van der Waals surface area contributed by atoms with E-state index in [0.29, 0.717) is 5.82 Å². The highest BCUT2D eigenvalue weighted by molar-refractivity contribution is 7.15. The number of carbonyl (C=O) groups is 1. The molecule has 1 unspecified atom stereocenters. The summed E-state index contributed by atoms with van der Waals surface area (Å²) < 4.78 is 0. The summed E-state index contributed by atoms with van der Waals surface area (Å²) in [4.78, 5) is 30.5. The van der Waals surface area contributed by atoms with Gasteiger partial charge in [-0.15, -0.1) is 11.3 Å². The van der Waals surface area contributed by atoms with Crippen LogP contribution in [0.2, 0.25) is 0 Å². The summed E-state index contributed by atoms with van der Waals surface area (Å²) >= 11 is 1.68. The van der Waals surface area contributed by atoms with Crippen LogP contribution in [-0.2, 0) is 11.8 Å². The van der Waals surface area contributed by atoms with Gasteiger partial charge in [0, 0.05) is 29.6 Å². The van der Waals surface area contributed by atoms with E-state index < -0.39 is 5.97 Å². The molecule has 154 valence electrons. The minimum atomic E-state index is -0.934. The Morgan fingerprint density at radius 1 is 1.17 bits per heavy atom. The molecule has 1 aliphatic carbocycles. The molecular formula is C23H24N4O2S. The van der Waals surface area contributed by atoms with Gasteiger partial charge in [-0.2, -0.15) is 0 Å². The summed E-state index contributed by atoms with van der Waals surface area (Å²) in [5.74, 6) is 0.437. The Morgan fingerprint density at radius 3 is 2.80 bits per heavy atom. The summed E-state index contributed by atoms with van der Waals surface area (Å²) in [7, 11) is 0. The maximum absolute atomic E-state index is 12.0. The number of pyridine rings is 1. The second-order valence-corrected chi connectivity index (χ2v) is 9.67. The fraction of sp³-hybridized carbons (Fsp3) is 0.391. The van der Waals surface area contributed by atoms with E-state index >= 15 is 0 Å². The smallest absolute Gasteiger partial charge is 0.339 e. The van der Waals surface area contributed by atoms with Crippen molar-refractivity contribution in [1.82, 2.24) is 15.0 Å². The predicted molar refractivity (Wildman–Crippen MR) is 117 cm³/mol. The average molecular weight is 421 g/mol. The number of nitrogens with zero attached hydrogens (tertiary/aromatic N) is 4. The maximum Gasteiger partial charge on any atom is 0.339 e. The zero-order valence-electron chi connectivity index (χ0n) is 17.2. The first-order valence-corrected chi connectivity index (χ1v) is 11.2. The number of fused-ring (bicyclic) bond motifs is 2. The van der Waals surface area contributed by atoms with Crippen molar-refractivity contribution in [3.05, 3.63) is 58.0 Å². The molecule has 1 fully saturated rings. The van der Waals surface area contributed by atoms with Gasteiger partial charge < -0.3 is 10.0 Å². The lowest BCUT2D eigenvalue weighted by Crippen LogP contribution is -2.46. The Morgan fingerprint density at radius 2 is 2.03 bits per heavy atom. The molecule has 0 radical (unpaired) electrons. The van der Waals surface area contributed by atoms with Crippen molar-refractivity contribution < 1.29 is 9.90 Å². The molecule has 2 aliphatic rings. The predicted octanol–water partition coefficient (Wildman–Crippen LogP) is 4.40. The third-order valence-electron chi connectivity index (χ3n) is 6.33. The van der Waals surface area contributed by atoms with Gasteiger partial charge >= 0.3 is 5.97 Å². The largest absolute Gasteiger partial charge is 0.478 e. The number of hydrogen-bond donors (Lipinski definition) is 1. The van der Waals surface area contributed by atoms with Gasteiger partial charge in [0.05, 0.1) is 16.3 Å². The molecule has 30 heavy (non-hydrogen) atoms. The van der Waals surface area contributed by atoms with Gasteiger partial charge in [-0.25, -0.2) is 19.7 Å². The van der Waals surface area contributed by atoms with Crippen LogP contribution in [-0.4, -0.2) is 39.1 Å². The molecule has 3 aromatic rings. The molecule has 0 saturated carbocycles. The maximum atomic E-state index is 12.0. The number of aromatic nitrogens is 3. The van der Waals surface area contributed by atoms with E-state index in [9.17, 15) is 9.90 Å². The second kappa shape index (κ2) is 7.16. The van der Waals surface area contributed by atoms with Gasteiger partial charge in [0.2, 0.25) is 0 Å². The normalized spacial score (nSPS) is 20.5. The number of carboxylic acid groups (broad SMARTS) is 1. The van der Waals surface area contributed by atoms with Crippen LogP contribution in [0.4, 0.5) is 5.82 Å². The molecule has 1 spiro atoms. The number of hydrogen-bond acceptors (Lipinski definition) is 6. The number of carboxylic acids is 1. The van der Waals surface area contributed by atoms with Crippen LogP contribution in [0.3, 0.4) is 0 Å². The molecule has 0 bridgehead atoms. The highest BCUT2D eigenvalue weighted by atomic mass is 32.1. The number of anilines is 1. The minimum Gasteiger partial charge on any atom is -0.478 e. The van der Waals surface area contributed by atoms with Crippen molar-refractivity contribution in [2.75, 3.05) is 18.0 Å². The fourth-order valence-corrected chi connectivity index (χ4v) is 5.74. The summed E-state index contributed by atoms with van der Waals surface area (Å²) in [6, 6.07) is 7.64. The molecule has 1 atom stereocenters. The molecule has 5 rings (SSSR count). The van der Waals surface area contributed by atoms with Crippen LogP contribution < -0.4 is 4.90 Å². The first kappa shape index (κ1) is 19.2. The molecule has 6 nitrogen and oxygen atoms in total. The van der Waals surface area contributed by atoms with E-state index in [2.05, 4.69) is 28.9 Å². The van der Waals surface area contributed by atoms with Gasteiger partial charge in [-0.3, -0.25) is 0 Å². The van der Waals surface area contributed by atoms with Gasteiger partial charge in [0.1, 0.15) is 17.2 Å². The van der Waals surface area contributed by atoms with Crippen LogP contribution in [0.5, 0.6) is 0 Å². The van der Waals surface area contributed by atoms with Crippen molar-refractivity contribution in [1.29, 1.82) is 0 Å². The molecule has 0 aromatic carbocycles. The van der Waals surface area contributed by atoms with E-state index in [1.165, 1.54) is 10.4 Å². The number of piperidine rings is 1. The van der Waals surface area contributed by atoms with E-state index in [1.807, 2.05) is 19.2 Å². The second-order valence-electron chi connectivity index (χ2n) is 8.38. The Balaban J connectivity index is 1.55. The third kappa shape index (κ3) is 3.17. The fourth-order valence-electron chi connectivity index (χ4n) is 4.91. The number of thiophene rings is 1. The first-order chi connectivity index (χ1) is 14.4. The summed E-state index contributed by atoms with van der Waals surface area (Å²) in [6.07, 6.45) is 6.04. The Hall–Kier alpha value is -2.80. The van der Waals surface area contributed by atoms with Crippen LogP contribution >= 0.6 is 11.3 Å². The molecular weight excluding hydrogens is 396 g/mol. The molecule has 7 heteroatoms. The van der Waals surface area contributed by atoms with E-state index in [1.54, 1.807) is 17.4 Å². The molecule has 3 aromatic heterocycles. The van der Waals surface area contributed by atoms with Crippen molar-refractivity contribution in [3.8, 4) is 10.6 Å². The number of rotatable bonds is 3. The molecule has 1 N–H and O–H groups in total. The standard InChI is InChI=1S/C23H24N4O2S/c1-14-4-7-19(30-14)18-6-5-17(22(28)29)21(26-18)27-11-3-9-23(13-27)10-8-16-12-24-15(2)25-20(16)23/h4-7,12H,3,8-11,13H2,1-2H3,(H,28,29). The van der Waals surface area contributed by atoms with Crippen LogP contribution in [0.25, 0.3) is 10.6 Å². The van der Waals surface area contributed by atoms with Gasteiger partial charge in [-0.1, -0.05) is 0 Å². The lowest BCUT2D eigenvalue weighted by molar-refractivity contribution is 0.0697. The number of aromatic carboxylic acids is 1. The topological polar surface area (TPSA) is 79.2 Å². The van der Waals surface area contributed by atoms with Crippen LogP contribution in [0.1, 0.15) is 51.6 Å². The van der Waals surface area contributed by atoms with Crippen molar-refractivity contribution >= 4 is 23.1 Å². The van der Waals surface area contributed by atoms with Crippen molar-refractivity contribution in [3.63, 3.8) is 0 Å². The van der Waals surface area contributed by atoms with Gasteiger partial charge in [-0.05, 0) is 69.4 Å². The van der Waals surface area contributed by atoms with Gasteiger partial charge in [0.25, 0.3) is 0 Å². The lowest BCUT2D eigenvalue weighted by atomic mass is 9.77. The Bertz CT molecular complexity index is 1140. The summed E-state index contributed by atoms with van der Waals surface area (Å²) in [5, 5.41) is 9.83. The first-order valence-electron chi connectivity index (χ1n) is 10.3. The Labute approximate surface area is 179 Å². The summed E-state index contributed by atoms with van der Waals surface area (Å²) in [6.45, 7) is 5.55. The van der Waals surface area contributed by atoms with Crippen LogP contribution in [0.15, 0.2) is 30.5 Å². The SMILES string of the molecule is Cc1ncc2c(n1)C1(CCCN(c3nc(-c4ccc(C)s4)ccc3C(=O)O)C1)CC2. The lowest BCUT2D eigenvalue weighted by Gasteiger charge is -2.41. The highest BCUT2D eigenvalue weighted by Gasteiger charge is 2.44. The number of aryl methyl sites for hydroxylation is 3. The monoisotopic (exact) mass is 420 g/mol. The molecule has 4 heterocycles. The van der Waals surface area contributed by atoms with E-state index in [0.717, 1.165) is 60.9 Å². The van der Waals surface area contributed by atoms with Crippen molar-refractivity contribution in [2.45, 2.75) is 44.9 Å². The van der Waals surface area contributed by atoms with Gasteiger partial charge in [0.15, 0.2) is 0 Å². The molecule has 1 aliphatic heterocycles. The summed E-state index contributed by atoms with van der Waals surface area (Å²) in [5.41, 5.74) is 3.44. The average Bonchev–Trinajstić information content (AvgIpc) is 3.32. The minimum absolute atomic E-state index is 0.0474.